The Labute approximate surface area is 57.5 Å². The largest absolute Gasteiger partial charge is 0.392 e. The molecule has 1 saturated heterocycles. The fourth-order valence-electron chi connectivity index (χ4n) is 1.05. The van der Waals surface area contributed by atoms with Gasteiger partial charge in [-0.15, -0.1) is 0 Å². The molecule has 54 valence electrons. The number of β-amino-alcohol motifs (C(OH)–C–C–N with tert-alkyl or cyclic N) is 1. The first-order valence-corrected chi connectivity index (χ1v) is 3.75. The van der Waals surface area contributed by atoms with E-state index in [2.05, 4.69) is 19.8 Å². The third-order valence-corrected chi connectivity index (χ3v) is 2.03. The lowest BCUT2D eigenvalue weighted by atomic mass is 10.1. The summed E-state index contributed by atoms with van der Waals surface area (Å²) in [6.45, 7) is 1.70. The van der Waals surface area contributed by atoms with Crippen molar-refractivity contribution in [2.75, 3.05) is 13.1 Å². The van der Waals surface area contributed by atoms with Gasteiger partial charge < -0.3 is 10.4 Å². The van der Waals surface area contributed by atoms with E-state index in [1.54, 1.807) is 0 Å². The maximum Gasteiger partial charge on any atom is 0.0680 e. The van der Waals surface area contributed by atoms with Crippen molar-refractivity contribution in [3.63, 3.8) is 0 Å². The normalized spacial score (nSPS) is 36.7. The van der Waals surface area contributed by atoms with Gasteiger partial charge in [-0.05, 0) is 6.42 Å². The van der Waals surface area contributed by atoms with Crippen molar-refractivity contribution in [1.29, 1.82) is 0 Å². The number of rotatable bonds is 1. The molecule has 3 N–H and O–H groups in total. The summed E-state index contributed by atoms with van der Waals surface area (Å²) in [5, 5.41) is 15.2. The van der Waals surface area contributed by atoms with E-state index in [9.17, 15) is 0 Å². The van der Waals surface area contributed by atoms with Crippen LogP contribution in [-0.2, 0) is 0 Å². The summed E-state index contributed by atoms with van der Waals surface area (Å²) in [4.78, 5) is 0. The van der Waals surface area contributed by atoms with Gasteiger partial charge in [0.15, 0.2) is 0 Å². The van der Waals surface area contributed by atoms with Crippen molar-refractivity contribution in [2.45, 2.75) is 18.6 Å². The first kappa shape index (κ1) is 7.42. The van der Waals surface area contributed by atoms with E-state index in [0.717, 1.165) is 19.5 Å². The van der Waals surface area contributed by atoms with Crippen LogP contribution in [0.1, 0.15) is 6.42 Å². The minimum absolute atomic E-state index is 0.170. The van der Waals surface area contributed by atoms with Gasteiger partial charge in [0.05, 0.1) is 6.10 Å². The predicted octanol–water partition coefficient (Wildman–Crippen LogP) is -0.911. The molecule has 0 amide bonds. The smallest absolute Gasteiger partial charge is 0.0680 e. The van der Waals surface area contributed by atoms with Crippen LogP contribution in [0.2, 0.25) is 0 Å². The molecule has 1 unspecified atom stereocenters. The molecule has 1 aliphatic heterocycles. The molecule has 4 heteroatoms. The van der Waals surface area contributed by atoms with Gasteiger partial charge in [0, 0.05) is 19.1 Å². The molecule has 0 radical (unpaired) electrons. The quantitative estimate of drug-likeness (QED) is 0.422. The molecule has 9 heavy (non-hydrogen) atoms. The zero-order valence-electron chi connectivity index (χ0n) is 5.30. The second kappa shape index (κ2) is 3.47. The molecule has 1 heterocycles. The Morgan fingerprint density at radius 3 is 2.78 bits per heavy atom. The minimum atomic E-state index is -0.170. The summed E-state index contributed by atoms with van der Waals surface area (Å²) in [6.07, 6.45) is 0.688. The molecule has 0 bridgehead atoms. The first-order valence-electron chi connectivity index (χ1n) is 3.18. The Balaban J connectivity index is 2.23. The summed E-state index contributed by atoms with van der Waals surface area (Å²) in [7, 11) is 2.46. The van der Waals surface area contributed by atoms with Crippen LogP contribution in [0.5, 0.6) is 0 Å². The number of hydrogen-bond donors (Lipinski definition) is 3. The number of aliphatic hydroxyl groups is 1. The molecule has 3 atom stereocenters. The van der Waals surface area contributed by atoms with Crippen molar-refractivity contribution in [2.24, 2.45) is 0 Å². The topological polar surface area (TPSA) is 44.3 Å². The lowest BCUT2D eigenvalue weighted by molar-refractivity contribution is 0.130. The van der Waals surface area contributed by atoms with Crippen LogP contribution in [0.4, 0.5) is 0 Å². The van der Waals surface area contributed by atoms with Gasteiger partial charge in [-0.25, -0.2) is 0 Å². The summed E-state index contributed by atoms with van der Waals surface area (Å²) in [6, 6.07) is 0.416. The average Bonchev–Trinajstić information content (AvgIpc) is 1.88. The highest BCUT2D eigenvalue weighted by Crippen LogP contribution is 2.02. The first-order chi connectivity index (χ1) is 4.33. The van der Waals surface area contributed by atoms with Gasteiger partial charge >= 0.3 is 0 Å². The fourth-order valence-corrected chi connectivity index (χ4v) is 1.30. The number of piperidine rings is 1. The van der Waals surface area contributed by atoms with E-state index in [1.807, 2.05) is 0 Å². The lowest BCUT2D eigenvalue weighted by Crippen LogP contribution is -2.46. The second-order valence-electron chi connectivity index (χ2n) is 2.41. The predicted molar refractivity (Wildman–Crippen MR) is 40.1 cm³/mol. The van der Waals surface area contributed by atoms with Crippen LogP contribution in [-0.4, -0.2) is 30.3 Å². The molecular formula is C5H13N2OP. The van der Waals surface area contributed by atoms with Crippen LogP contribution in [0.25, 0.3) is 0 Å². The standard InChI is InChI=1S/C5H13N2OP/c8-5-1-4(7-9)2-6-3-5/h4-8H,1-3,9H2/t4-,5-/m0/s1. The highest BCUT2D eigenvalue weighted by molar-refractivity contribution is 7.13. The van der Waals surface area contributed by atoms with Gasteiger partial charge in [0.2, 0.25) is 0 Å². The molecular weight excluding hydrogens is 135 g/mol. The third-order valence-electron chi connectivity index (χ3n) is 1.56. The van der Waals surface area contributed by atoms with Gasteiger partial charge in [0.1, 0.15) is 0 Å². The lowest BCUT2D eigenvalue weighted by Gasteiger charge is -2.25. The molecule has 0 spiro atoms. The maximum absolute atomic E-state index is 9.10. The van der Waals surface area contributed by atoms with Crippen molar-refractivity contribution < 1.29 is 5.11 Å². The Bertz CT molecular complexity index is 91.0. The molecule has 0 aromatic rings. The maximum atomic E-state index is 9.10. The highest BCUT2D eigenvalue weighted by atomic mass is 31.0. The van der Waals surface area contributed by atoms with Crippen LogP contribution in [0.15, 0.2) is 0 Å². The minimum Gasteiger partial charge on any atom is -0.392 e. The van der Waals surface area contributed by atoms with Crippen LogP contribution < -0.4 is 10.4 Å². The van der Waals surface area contributed by atoms with E-state index >= 15 is 0 Å². The molecule has 1 aliphatic rings. The van der Waals surface area contributed by atoms with Gasteiger partial charge in [-0.2, -0.15) is 0 Å². The molecule has 3 nitrogen and oxygen atoms in total. The summed E-state index contributed by atoms with van der Waals surface area (Å²) >= 11 is 0. The Hall–Kier alpha value is 0.310. The van der Waals surface area contributed by atoms with Crippen LogP contribution in [0.3, 0.4) is 0 Å². The number of hydrogen-bond acceptors (Lipinski definition) is 3. The summed E-state index contributed by atoms with van der Waals surface area (Å²) in [5.74, 6) is 0. The monoisotopic (exact) mass is 148 g/mol. The highest BCUT2D eigenvalue weighted by Gasteiger charge is 2.17. The third kappa shape index (κ3) is 2.18. The Kier molecular flexibility index (Phi) is 2.86. The molecule has 1 fully saturated rings. The van der Waals surface area contributed by atoms with Crippen molar-refractivity contribution >= 4 is 9.39 Å². The zero-order chi connectivity index (χ0) is 6.69. The van der Waals surface area contributed by atoms with Crippen molar-refractivity contribution in [3.8, 4) is 0 Å². The van der Waals surface area contributed by atoms with E-state index in [-0.39, 0.29) is 6.10 Å². The van der Waals surface area contributed by atoms with Crippen LogP contribution in [0, 0.1) is 0 Å². The molecule has 1 rings (SSSR count). The Morgan fingerprint density at radius 1 is 1.56 bits per heavy atom. The average molecular weight is 148 g/mol. The van der Waals surface area contributed by atoms with E-state index < -0.39 is 0 Å². The zero-order valence-corrected chi connectivity index (χ0v) is 6.46. The Morgan fingerprint density at radius 2 is 2.33 bits per heavy atom. The molecule has 0 saturated carbocycles. The second-order valence-corrected chi connectivity index (χ2v) is 2.74. The molecule has 0 aliphatic carbocycles. The molecule has 0 aromatic heterocycles. The van der Waals surface area contributed by atoms with E-state index in [1.165, 1.54) is 0 Å². The number of aliphatic hydroxyl groups excluding tert-OH is 1. The van der Waals surface area contributed by atoms with Gasteiger partial charge in [-0.3, -0.25) is 5.09 Å². The van der Waals surface area contributed by atoms with Gasteiger partial charge in [-0.1, -0.05) is 9.39 Å². The van der Waals surface area contributed by atoms with E-state index in [0.29, 0.717) is 6.04 Å². The van der Waals surface area contributed by atoms with Gasteiger partial charge in [0.25, 0.3) is 0 Å². The SMILES string of the molecule is O[C@@H]1CNC[C@@H](NP)C1. The van der Waals surface area contributed by atoms with Crippen molar-refractivity contribution in [3.05, 3.63) is 0 Å². The van der Waals surface area contributed by atoms with Crippen molar-refractivity contribution in [1.82, 2.24) is 10.4 Å². The fraction of sp³-hybridized carbons (Fsp3) is 1.00. The van der Waals surface area contributed by atoms with Crippen LogP contribution >= 0.6 is 9.39 Å². The number of nitrogens with one attached hydrogen (secondary N) is 2. The molecule has 0 aromatic carbocycles. The van der Waals surface area contributed by atoms with E-state index in [4.69, 9.17) is 5.11 Å². The summed E-state index contributed by atoms with van der Waals surface area (Å²) in [5.41, 5.74) is 0. The summed E-state index contributed by atoms with van der Waals surface area (Å²) < 4.78 is 0.